The molecule has 5 amide bonds. The van der Waals surface area contributed by atoms with Crippen molar-refractivity contribution in [3.05, 3.63) is 83.5 Å². The number of nitrogens with zero attached hydrogens (tertiary/aromatic N) is 4. The molecular formula is C27H24ClN5O3. The normalized spacial score (nSPS) is 23.0. The third-order valence-electron chi connectivity index (χ3n) is 7.12. The van der Waals surface area contributed by atoms with Crippen molar-refractivity contribution in [2.45, 2.75) is 24.4 Å². The number of hydrogen-bond acceptors (Lipinski definition) is 4. The lowest BCUT2D eigenvalue weighted by atomic mass is 10.1. The Kier molecular flexibility index (Phi) is 5.60. The molecule has 2 saturated heterocycles. The summed E-state index contributed by atoms with van der Waals surface area (Å²) in [7, 11) is 0. The second-order valence-corrected chi connectivity index (χ2v) is 9.74. The van der Waals surface area contributed by atoms with Crippen LogP contribution < -0.4 is 5.32 Å². The molecule has 2 aromatic carbocycles. The topological polar surface area (TPSA) is 85.8 Å². The molecule has 9 heteroatoms. The Hall–Kier alpha value is -3.91. The maximum atomic E-state index is 13.3. The number of anilines is 1. The Labute approximate surface area is 213 Å². The molecular weight excluding hydrogens is 478 g/mol. The number of nitrogens with one attached hydrogen (secondary N) is 1. The van der Waals surface area contributed by atoms with Gasteiger partial charge in [0.05, 0.1) is 17.9 Å². The molecule has 2 aliphatic heterocycles. The number of pyridine rings is 1. The van der Waals surface area contributed by atoms with E-state index in [4.69, 9.17) is 11.6 Å². The molecule has 182 valence electrons. The van der Waals surface area contributed by atoms with Crippen molar-refractivity contribution in [2.24, 2.45) is 0 Å². The van der Waals surface area contributed by atoms with Crippen LogP contribution in [0.4, 0.5) is 15.3 Å². The van der Waals surface area contributed by atoms with E-state index >= 15 is 0 Å². The summed E-state index contributed by atoms with van der Waals surface area (Å²) in [6.07, 6.45) is 2.44. The van der Waals surface area contributed by atoms with E-state index in [1.807, 2.05) is 42.5 Å². The zero-order valence-electron chi connectivity index (χ0n) is 19.4. The van der Waals surface area contributed by atoms with Gasteiger partial charge in [-0.15, -0.1) is 0 Å². The van der Waals surface area contributed by atoms with Gasteiger partial charge in [-0.05, 0) is 36.2 Å². The van der Waals surface area contributed by atoms with Crippen LogP contribution >= 0.6 is 11.6 Å². The number of amides is 5. The number of carbonyl (C=O) groups excluding carboxylic acids is 3. The molecule has 1 unspecified atom stereocenters. The van der Waals surface area contributed by atoms with Gasteiger partial charge in [-0.25, -0.2) is 9.59 Å². The van der Waals surface area contributed by atoms with Crippen LogP contribution in [0.3, 0.4) is 0 Å². The summed E-state index contributed by atoms with van der Waals surface area (Å²) in [6, 6.07) is 19.4. The Balaban J connectivity index is 1.15. The van der Waals surface area contributed by atoms with E-state index in [1.54, 1.807) is 40.3 Å². The SMILES string of the molecule is O=C(Nc1cccnc1-c1ccc(Cl)cc1)N1CCN2C(=O)N([C@H]3C[C@@H]3c3ccccc3)C(=O)C2C1. The fourth-order valence-electron chi connectivity index (χ4n) is 5.17. The summed E-state index contributed by atoms with van der Waals surface area (Å²) in [5, 5.41) is 3.55. The molecule has 0 spiro atoms. The van der Waals surface area contributed by atoms with E-state index in [-0.39, 0.29) is 36.5 Å². The molecule has 3 fully saturated rings. The van der Waals surface area contributed by atoms with Gasteiger partial charge in [0.25, 0.3) is 5.91 Å². The van der Waals surface area contributed by atoms with E-state index in [0.717, 1.165) is 17.5 Å². The second-order valence-electron chi connectivity index (χ2n) is 9.30. The zero-order valence-corrected chi connectivity index (χ0v) is 20.1. The van der Waals surface area contributed by atoms with Crippen LogP contribution in [0.1, 0.15) is 17.9 Å². The van der Waals surface area contributed by atoms with Gasteiger partial charge in [0.2, 0.25) is 0 Å². The van der Waals surface area contributed by atoms with Crippen molar-refractivity contribution in [3.63, 3.8) is 0 Å². The number of urea groups is 2. The van der Waals surface area contributed by atoms with Crippen LogP contribution in [0.25, 0.3) is 11.3 Å². The van der Waals surface area contributed by atoms with Crippen molar-refractivity contribution >= 4 is 35.3 Å². The van der Waals surface area contributed by atoms with Gasteiger partial charge >= 0.3 is 12.1 Å². The van der Waals surface area contributed by atoms with Gasteiger partial charge in [-0.2, -0.15) is 0 Å². The molecule has 8 nitrogen and oxygen atoms in total. The summed E-state index contributed by atoms with van der Waals surface area (Å²) in [5.74, 6) is -0.0408. The summed E-state index contributed by atoms with van der Waals surface area (Å²) >= 11 is 6.01. The van der Waals surface area contributed by atoms with Crippen LogP contribution in [0.2, 0.25) is 5.02 Å². The second kappa shape index (κ2) is 8.95. The molecule has 1 aliphatic carbocycles. The number of halogens is 1. The lowest BCUT2D eigenvalue weighted by molar-refractivity contribution is -0.129. The molecule has 3 aliphatic rings. The molecule has 36 heavy (non-hydrogen) atoms. The minimum absolute atomic E-state index is 0.113. The summed E-state index contributed by atoms with van der Waals surface area (Å²) in [4.78, 5) is 48.6. The van der Waals surface area contributed by atoms with Crippen LogP contribution in [0, 0.1) is 0 Å². The number of rotatable bonds is 4. The van der Waals surface area contributed by atoms with Crippen molar-refractivity contribution in [1.82, 2.24) is 19.7 Å². The van der Waals surface area contributed by atoms with E-state index in [0.29, 0.717) is 29.5 Å². The fraction of sp³-hybridized carbons (Fsp3) is 0.259. The highest BCUT2D eigenvalue weighted by Crippen LogP contribution is 2.46. The molecule has 1 N–H and O–H groups in total. The van der Waals surface area contributed by atoms with Gasteiger partial charge in [-0.3, -0.25) is 14.7 Å². The first kappa shape index (κ1) is 22.5. The third-order valence-corrected chi connectivity index (χ3v) is 7.38. The smallest absolute Gasteiger partial charge is 0.320 e. The summed E-state index contributed by atoms with van der Waals surface area (Å²) < 4.78 is 0. The molecule has 0 radical (unpaired) electrons. The molecule has 1 saturated carbocycles. The Bertz CT molecular complexity index is 1330. The van der Waals surface area contributed by atoms with Gasteiger partial charge in [-0.1, -0.05) is 54.1 Å². The lowest BCUT2D eigenvalue weighted by Gasteiger charge is -2.35. The number of piperazine rings is 1. The van der Waals surface area contributed by atoms with E-state index in [1.165, 1.54) is 4.90 Å². The van der Waals surface area contributed by atoms with Crippen LogP contribution in [-0.4, -0.2) is 69.4 Å². The molecule has 0 bridgehead atoms. The van der Waals surface area contributed by atoms with Crippen molar-refractivity contribution < 1.29 is 14.4 Å². The zero-order chi connectivity index (χ0) is 24.8. The van der Waals surface area contributed by atoms with Gasteiger partial charge in [0, 0.05) is 41.8 Å². The first-order chi connectivity index (χ1) is 17.5. The maximum absolute atomic E-state index is 13.3. The average molecular weight is 502 g/mol. The minimum atomic E-state index is -0.654. The number of imide groups is 1. The minimum Gasteiger partial charge on any atom is -0.320 e. The van der Waals surface area contributed by atoms with Gasteiger partial charge < -0.3 is 15.1 Å². The number of fused-ring (bicyclic) bond motifs is 1. The molecule has 3 aromatic rings. The van der Waals surface area contributed by atoms with Crippen molar-refractivity contribution in [2.75, 3.05) is 25.0 Å². The number of benzene rings is 2. The Morgan fingerprint density at radius 1 is 0.972 bits per heavy atom. The summed E-state index contributed by atoms with van der Waals surface area (Å²) in [6.45, 7) is 0.823. The maximum Gasteiger partial charge on any atom is 0.327 e. The summed E-state index contributed by atoms with van der Waals surface area (Å²) in [5.41, 5.74) is 3.15. The number of aromatic nitrogens is 1. The monoisotopic (exact) mass is 501 g/mol. The van der Waals surface area contributed by atoms with Crippen molar-refractivity contribution in [1.29, 1.82) is 0 Å². The van der Waals surface area contributed by atoms with Crippen LogP contribution in [-0.2, 0) is 4.79 Å². The molecule has 3 heterocycles. The van der Waals surface area contributed by atoms with Gasteiger partial charge in [0.15, 0.2) is 0 Å². The van der Waals surface area contributed by atoms with Crippen LogP contribution in [0.5, 0.6) is 0 Å². The fourth-order valence-corrected chi connectivity index (χ4v) is 5.30. The van der Waals surface area contributed by atoms with Crippen molar-refractivity contribution in [3.8, 4) is 11.3 Å². The average Bonchev–Trinajstić information content (AvgIpc) is 3.65. The Morgan fingerprint density at radius 3 is 2.53 bits per heavy atom. The van der Waals surface area contributed by atoms with Crippen LogP contribution in [0.15, 0.2) is 72.9 Å². The van der Waals surface area contributed by atoms with E-state index in [9.17, 15) is 14.4 Å². The standard InChI is InChI=1S/C27H24ClN5O3/c28-19-10-8-18(9-11-19)24-21(7-4-12-29-24)30-26(35)31-13-14-32-23(16-31)25(34)33(27(32)36)22-15-20(22)17-5-2-1-3-6-17/h1-12,20,22-23H,13-16H2,(H,30,35)/t20-,22+,23?/m1/s1. The number of carbonyl (C=O) groups is 3. The molecule has 6 rings (SSSR count). The first-order valence-corrected chi connectivity index (χ1v) is 12.3. The highest BCUT2D eigenvalue weighted by molar-refractivity contribution is 6.30. The molecule has 1 aromatic heterocycles. The van der Waals surface area contributed by atoms with Gasteiger partial charge in [0.1, 0.15) is 6.04 Å². The van der Waals surface area contributed by atoms with E-state index in [2.05, 4.69) is 10.3 Å². The molecule has 3 atom stereocenters. The third kappa shape index (κ3) is 3.97. The highest BCUT2D eigenvalue weighted by Gasteiger charge is 2.56. The lowest BCUT2D eigenvalue weighted by Crippen LogP contribution is -2.55. The quantitative estimate of drug-likeness (QED) is 0.535. The predicted molar refractivity (Wildman–Crippen MR) is 136 cm³/mol. The highest BCUT2D eigenvalue weighted by atomic mass is 35.5. The first-order valence-electron chi connectivity index (χ1n) is 12.0. The predicted octanol–water partition coefficient (Wildman–Crippen LogP) is 4.44. The largest absolute Gasteiger partial charge is 0.327 e. The Morgan fingerprint density at radius 2 is 1.75 bits per heavy atom. The van der Waals surface area contributed by atoms with E-state index < -0.39 is 6.04 Å². The number of hydrogen-bond donors (Lipinski definition) is 1.